The lowest BCUT2D eigenvalue weighted by Crippen LogP contribution is -2.40. The number of nitrogens with one attached hydrogen (secondary N) is 2. The molecule has 1 atom stereocenters. The number of nitrogens with zero attached hydrogens (tertiary/aromatic N) is 4. The topological polar surface area (TPSA) is 101 Å². The van der Waals surface area contributed by atoms with E-state index < -0.39 is 0 Å². The van der Waals surface area contributed by atoms with Crippen LogP contribution >= 0.6 is 0 Å². The summed E-state index contributed by atoms with van der Waals surface area (Å²) in [5, 5.41) is 12.9. The lowest BCUT2D eigenvalue weighted by atomic mass is 10.2. The van der Waals surface area contributed by atoms with Gasteiger partial charge < -0.3 is 15.0 Å². The zero-order valence-electron chi connectivity index (χ0n) is 13.9. The third-order valence-corrected chi connectivity index (χ3v) is 3.83. The predicted octanol–water partition coefficient (Wildman–Crippen LogP) is 1.35. The molecule has 25 heavy (non-hydrogen) atoms. The van der Waals surface area contributed by atoms with Crippen LogP contribution < -0.4 is 10.6 Å². The van der Waals surface area contributed by atoms with Crippen molar-refractivity contribution in [2.45, 2.75) is 19.1 Å². The van der Waals surface area contributed by atoms with E-state index in [1.54, 1.807) is 18.1 Å². The summed E-state index contributed by atoms with van der Waals surface area (Å²) >= 11 is 0. The molecule has 0 radical (unpaired) electrons. The van der Waals surface area contributed by atoms with Crippen LogP contribution in [0, 0.1) is 0 Å². The van der Waals surface area contributed by atoms with Gasteiger partial charge in [-0.15, -0.1) is 5.10 Å². The lowest BCUT2D eigenvalue weighted by Gasteiger charge is -2.17. The van der Waals surface area contributed by atoms with E-state index in [9.17, 15) is 9.59 Å². The molecule has 2 heterocycles. The summed E-state index contributed by atoms with van der Waals surface area (Å²) in [5.74, 6) is 0.372. The fourth-order valence-corrected chi connectivity index (χ4v) is 2.60. The number of benzene rings is 1. The molecule has 0 saturated carbocycles. The van der Waals surface area contributed by atoms with Gasteiger partial charge >= 0.3 is 12.1 Å². The Kier molecular flexibility index (Phi) is 5.12. The van der Waals surface area contributed by atoms with Crippen LogP contribution in [0.4, 0.5) is 15.4 Å². The van der Waals surface area contributed by atoms with Crippen molar-refractivity contribution in [3.63, 3.8) is 0 Å². The number of carbonyl (C=O) groups is 2. The number of anilines is 1. The van der Waals surface area contributed by atoms with E-state index in [1.807, 2.05) is 30.3 Å². The van der Waals surface area contributed by atoms with E-state index in [1.165, 1.54) is 4.68 Å². The molecular formula is C16H20N6O3. The van der Waals surface area contributed by atoms with Crippen LogP contribution in [-0.2, 0) is 18.4 Å². The summed E-state index contributed by atoms with van der Waals surface area (Å²) in [6, 6.07) is 9.01. The predicted molar refractivity (Wildman–Crippen MR) is 89.8 cm³/mol. The van der Waals surface area contributed by atoms with Gasteiger partial charge in [0.1, 0.15) is 6.61 Å². The minimum Gasteiger partial charge on any atom is -0.445 e. The van der Waals surface area contributed by atoms with Gasteiger partial charge in [-0.1, -0.05) is 35.5 Å². The minimum absolute atomic E-state index is 0.124. The van der Waals surface area contributed by atoms with Crippen LogP contribution in [0.25, 0.3) is 0 Å². The Morgan fingerprint density at radius 2 is 2.12 bits per heavy atom. The molecule has 132 valence electrons. The Labute approximate surface area is 144 Å². The summed E-state index contributed by atoms with van der Waals surface area (Å²) < 4.78 is 6.80. The molecule has 3 rings (SSSR count). The number of ether oxygens (including phenoxy) is 1. The van der Waals surface area contributed by atoms with Gasteiger partial charge in [0.2, 0.25) is 0 Å². The number of aromatic nitrogens is 3. The van der Waals surface area contributed by atoms with Gasteiger partial charge in [-0.2, -0.15) is 0 Å². The van der Waals surface area contributed by atoms with Crippen molar-refractivity contribution >= 4 is 17.9 Å². The number of likely N-dealkylation sites (tertiary alicyclic amines) is 1. The number of urea groups is 1. The highest BCUT2D eigenvalue weighted by atomic mass is 16.6. The van der Waals surface area contributed by atoms with Gasteiger partial charge in [0.05, 0.1) is 6.20 Å². The maximum Gasteiger partial charge on any atom is 0.410 e. The first kappa shape index (κ1) is 16.7. The number of amides is 3. The molecule has 2 N–H and O–H groups in total. The van der Waals surface area contributed by atoms with E-state index in [4.69, 9.17) is 4.74 Å². The molecule has 0 aliphatic carbocycles. The average molecular weight is 344 g/mol. The van der Waals surface area contributed by atoms with Crippen molar-refractivity contribution in [1.82, 2.24) is 25.2 Å². The quantitative estimate of drug-likeness (QED) is 0.872. The molecular weight excluding hydrogens is 324 g/mol. The molecule has 1 aromatic heterocycles. The Balaban J connectivity index is 1.41. The zero-order valence-corrected chi connectivity index (χ0v) is 13.9. The summed E-state index contributed by atoms with van der Waals surface area (Å²) in [6.45, 7) is 1.20. The number of aryl methyl sites for hydroxylation is 1. The van der Waals surface area contributed by atoms with Crippen molar-refractivity contribution < 1.29 is 14.3 Å². The van der Waals surface area contributed by atoms with Gasteiger partial charge in [0.25, 0.3) is 0 Å². The highest BCUT2D eigenvalue weighted by Gasteiger charge is 2.28. The second kappa shape index (κ2) is 7.65. The fraction of sp³-hybridized carbons (Fsp3) is 0.375. The monoisotopic (exact) mass is 344 g/mol. The average Bonchev–Trinajstić information content (AvgIpc) is 3.22. The molecule has 9 heteroatoms. The van der Waals surface area contributed by atoms with Crippen LogP contribution in [0.15, 0.2) is 36.5 Å². The molecule has 3 amide bonds. The van der Waals surface area contributed by atoms with Crippen LogP contribution in [-0.4, -0.2) is 51.1 Å². The van der Waals surface area contributed by atoms with Crippen LogP contribution in [0.2, 0.25) is 0 Å². The molecule has 9 nitrogen and oxygen atoms in total. The Morgan fingerprint density at radius 1 is 1.32 bits per heavy atom. The third kappa shape index (κ3) is 4.69. The molecule has 0 spiro atoms. The maximum atomic E-state index is 12.1. The third-order valence-electron chi connectivity index (χ3n) is 3.83. The van der Waals surface area contributed by atoms with E-state index in [2.05, 4.69) is 20.9 Å². The normalized spacial score (nSPS) is 16.5. The molecule has 1 aromatic carbocycles. The van der Waals surface area contributed by atoms with Gasteiger partial charge in [0, 0.05) is 26.2 Å². The second-order valence-electron chi connectivity index (χ2n) is 5.85. The molecule has 1 fully saturated rings. The number of hydrogen-bond acceptors (Lipinski definition) is 5. The number of carbonyl (C=O) groups excluding carboxylic acids is 2. The molecule has 2 aromatic rings. The molecule has 0 bridgehead atoms. The van der Waals surface area contributed by atoms with E-state index in [0.29, 0.717) is 25.3 Å². The second-order valence-corrected chi connectivity index (χ2v) is 5.85. The van der Waals surface area contributed by atoms with Crippen molar-refractivity contribution in [3.8, 4) is 0 Å². The minimum atomic E-state index is -0.373. The molecule has 1 saturated heterocycles. The SMILES string of the molecule is Cn1cc(NC(=O)NC2CCN(C(=O)OCc3ccccc3)C2)nn1. The Bertz CT molecular complexity index is 732. The van der Waals surface area contributed by atoms with Crippen molar-refractivity contribution in [3.05, 3.63) is 42.1 Å². The highest BCUT2D eigenvalue weighted by molar-refractivity contribution is 5.88. The van der Waals surface area contributed by atoms with E-state index >= 15 is 0 Å². The van der Waals surface area contributed by atoms with Gasteiger partial charge in [-0.3, -0.25) is 10.00 Å². The fourth-order valence-electron chi connectivity index (χ4n) is 2.60. The lowest BCUT2D eigenvalue weighted by molar-refractivity contribution is 0.103. The zero-order chi connectivity index (χ0) is 17.6. The van der Waals surface area contributed by atoms with Crippen molar-refractivity contribution in [2.24, 2.45) is 7.05 Å². The number of rotatable bonds is 4. The summed E-state index contributed by atoms with van der Waals surface area (Å²) in [4.78, 5) is 25.6. The molecule has 1 aliphatic rings. The largest absolute Gasteiger partial charge is 0.445 e. The number of hydrogen-bond donors (Lipinski definition) is 2. The van der Waals surface area contributed by atoms with Gasteiger partial charge in [-0.25, -0.2) is 9.59 Å². The molecule has 1 unspecified atom stereocenters. The van der Waals surface area contributed by atoms with Crippen molar-refractivity contribution in [2.75, 3.05) is 18.4 Å². The summed E-state index contributed by atoms with van der Waals surface area (Å²) in [6.07, 6.45) is 1.90. The maximum absolute atomic E-state index is 12.1. The Hall–Kier alpha value is -3.10. The standard InChI is InChI=1S/C16H20N6O3/c1-21-10-14(19-20-21)18-15(23)17-13-7-8-22(9-13)16(24)25-11-12-5-3-2-4-6-12/h2-6,10,13H,7-9,11H2,1H3,(H2,17,18,23). The smallest absolute Gasteiger partial charge is 0.410 e. The summed E-state index contributed by atoms with van der Waals surface area (Å²) in [5.41, 5.74) is 0.938. The first-order valence-corrected chi connectivity index (χ1v) is 7.99. The first-order valence-electron chi connectivity index (χ1n) is 7.99. The first-order chi connectivity index (χ1) is 12.1. The van der Waals surface area contributed by atoms with E-state index in [-0.39, 0.29) is 24.8 Å². The van der Waals surface area contributed by atoms with Crippen molar-refractivity contribution in [1.29, 1.82) is 0 Å². The van der Waals surface area contributed by atoms with Gasteiger partial charge in [0.15, 0.2) is 5.82 Å². The highest BCUT2D eigenvalue weighted by Crippen LogP contribution is 2.12. The van der Waals surface area contributed by atoms with E-state index in [0.717, 1.165) is 5.56 Å². The summed E-state index contributed by atoms with van der Waals surface area (Å²) in [7, 11) is 1.71. The van der Waals surface area contributed by atoms with Crippen LogP contribution in [0.3, 0.4) is 0 Å². The molecule has 1 aliphatic heterocycles. The van der Waals surface area contributed by atoms with Crippen LogP contribution in [0.5, 0.6) is 0 Å². The van der Waals surface area contributed by atoms with Crippen LogP contribution in [0.1, 0.15) is 12.0 Å². The Morgan fingerprint density at radius 3 is 2.84 bits per heavy atom. The van der Waals surface area contributed by atoms with Gasteiger partial charge in [-0.05, 0) is 12.0 Å².